The summed E-state index contributed by atoms with van der Waals surface area (Å²) in [4.78, 5) is 11.7. The quantitative estimate of drug-likeness (QED) is 0.840. The third kappa shape index (κ3) is 2.90. The number of hydrogen-bond donors (Lipinski definition) is 0. The minimum atomic E-state index is -0.424. The van der Waals surface area contributed by atoms with Gasteiger partial charge in [-0.15, -0.1) is 0 Å². The zero-order valence-corrected chi connectivity index (χ0v) is 9.66. The van der Waals surface area contributed by atoms with E-state index in [4.69, 9.17) is 13.9 Å². The second-order valence-electron chi connectivity index (χ2n) is 3.34. The molecule has 5 heteroatoms. The van der Waals surface area contributed by atoms with Gasteiger partial charge in [0.15, 0.2) is 10.5 Å². The SMILES string of the molecule is O=C(Cc1coc(Br)c1)C1COCCO1. The van der Waals surface area contributed by atoms with Crippen molar-refractivity contribution < 1.29 is 18.7 Å². The van der Waals surface area contributed by atoms with Crippen molar-refractivity contribution >= 4 is 21.7 Å². The van der Waals surface area contributed by atoms with Crippen molar-refractivity contribution in [3.8, 4) is 0 Å². The van der Waals surface area contributed by atoms with E-state index in [0.717, 1.165) is 5.56 Å². The van der Waals surface area contributed by atoms with Crippen LogP contribution >= 0.6 is 15.9 Å². The molecule has 0 radical (unpaired) electrons. The molecule has 0 aliphatic carbocycles. The van der Waals surface area contributed by atoms with E-state index in [9.17, 15) is 4.79 Å². The van der Waals surface area contributed by atoms with Crippen molar-refractivity contribution in [2.24, 2.45) is 0 Å². The Bertz CT molecular complexity index is 341. The molecular formula is C10H11BrO4. The van der Waals surface area contributed by atoms with E-state index in [2.05, 4.69) is 15.9 Å². The zero-order chi connectivity index (χ0) is 10.7. The van der Waals surface area contributed by atoms with E-state index < -0.39 is 6.10 Å². The monoisotopic (exact) mass is 274 g/mol. The summed E-state index contributed by atoms with van der Waals surface area (Å²) in [6.45, 7) is 1.42. The maximum absolute atomic E-state index is 11.7. The summed E-state index contributed by atoms with van der Waals surface area (Å²) in [7, 11) is 0. The van der Waals surface area contributed by atoms with Crippen molar-refractivity contribution in [2.45, 2.75) is 12.5 Å². The molecule has 2 heterocycles. The van der Waals surface area contributed by atoms with Gasteiger partial charge in [0.1, 0.15) is 6.10 Å². The van der Waals surface area contributed by atoms with Gasteiger partial charge in [0.25, 0.3) is 0 Å². The summed E-state index contributed by atoms with van der Waals surface area (Å²) in [6, 6.07) is 1.78. The van der Waals surface area contributed by atoms with Gasteiger partial charge < -0.3 is 13.9 Å². The van der Waals surface area contributed by atoms with Gasteiger partial charge in [-0.05, 0) is 27.6 Å². The molecule has 1 aliphatic rings. The number of furan rings is 1. The van der Waals surface area contributed by atoms with Gasteiger partial charge in [0.2, 0.25) is 0 Å². The average molecular weight is 275 g/mol. The highest BCUT2D eigenvalue weighted by Crippen LogP contribution is 2.15. The molecule has 1 aromatic rings. The predicted molar refractivity (Wildman–Crippen MR) is 55.7 cm³/mol. The van der Waals surface area contributed by atoms with Gasteiger partial charge in [-0.2, -0.15) is 0 Å². The van der Waals surface area contributed by atoms with E-state index in [0.29, 0.717) is 30.9 Å². The molecule has 1 aromatic heterocycles. The van der Waals surface area contributed by atoms with E-state index in [1.54, 1.807) is 12.3 Å². The Balaban J connectivity index is 1.91. The first kappa shape index (κ1) is 10.9. The smallest absolute Gasteiger partial charge is 0.169 e. The molecule has 0 amide bonds. The van der Waals surface area contributed by atoms with Crippen molar-refractivity contribution in [2.75, 3.05) is 19.8 Å². The van der Waals surface area contributed by atoms with Gasteiger partial charge in [-0.1, -0.05) is 0 Å². The lowest BCUT2D eigenvalue weighted by molar-refractivity contribution is -0.144. The minimum Gasteiger partial charge on any atom is -0.457 e. The molecule has 1 unspecified atom stereocenters. The first-order valence-electron chi connectivity index (χ1n) is 4.70. The number of carbonyl (C=O) groups is 1. The fraction of sp³-hybridized carbons (Fsp3) is 0.500. The average Bonchev–Trinajstić information content (AvgIpc) is 2.65. The Morgan fingerprint density at radius 3 is 3.00 bits per heavy atom. The summed E-state index contributed by atoms with van der Waals surface area (Å²) in [5.74, 6) is 0.0306. The first-order chi connectivity index (χ1) is 7.25. The molecule has 0 saturated carbocycles. The van der Waals surface area contributed by atoms with Crippen LogP contribution in [0.1, 0.15) is 5.56 Å². The summed E-state index contributed by atoms with van der Waals surface area (Å²) < 4.78 is 16.1. The predicted octanol–water partition coefficient (Wildman–Crippen LogP) is 1.57. The fourth-order valence-electron chi connectivity index (χ4n) is 1.43. The van der Waals surface area contributed by atoms with Gasteiger partial charge >= 0.3 is 0 Å². The maximum atomic E-state index is 11.7. The second kappa shape index (κ2) is 4.92. The maximum Gasteiger partial charge on any atom is 0.169 e. The van der Waals surface area contributed by atoms with E-state index in [1.165, 1.54) is 0 Å². The molecule has 0 spiro atoms. The Labute approximate surface area is 95.7 Å². The number of ether oxygens (including phenoxy) is 2. The van der Waals surface area contributed by atoms with Crippen LogP contribution in [0.5, 0.6) is 0 Å². The van der Waals surface area contributed by atoms with Crippen molar-refractivity contribution in [3.63, 3.8) is 0 Å². The number of ketones is 1. The first-order valence-corrected chi connectivity index (χ1v) is 5.50. The van der Waals surface area contributed by atoms with Gasteiger partial charge in [0, 0.05) is 6.42 Å². The van der Waals surface area contributed by atoms with E-state index >= 15 is 0 Å². The molecule has 0 bridgehead atoms. The highest BCUT2D eigenvalue weighted by atomic mass is 79.9. The van der Waals surface area contributed by atoms with Crippen molar-refractivity contribution in [1.29, 1.82) is 0 Å². The van der Waals surface area contributed by atoms with Crippen LogP contribution in [0.4, 0.5) is 0 Å². The van der Waals surface area contributed by atoms with Gasteiger partial charge in [-0.3, -0.25) is 4.79 Å². The highest BCUT2D eigenvalue weighted by molar-refractivity contribution is 9.10. The van der Waals surface area contributed by atoms with Gasteiger partial charge in [0.05, 0.1) is 26.1 Å². The number of carbonyl (C=O) groups excluding carboxylic acids is 1. The van der Waals surface area contributed by atoms with Crippen LogP contribution in [0.2, 0.25) is 0 Å². The molecule has 1 aliphatic heterocycles. The normalized spacial score (nSPS) is 21.5. The molecule has 4 nitrogen and oxygen atoms in total. The molecule has 2 rings (SSSR count). The minimum absolute atomic E-state index is 0.0306. The molecule has 1 atom stereocenters. The Kier molecular flexibility index (Phi) is 3.56. The van der Waals surface area contributed by atoms with Crippen LogP contribution in [0, 0.1) is 0 Å². The van der Waals surface area contributed by atoms with Crippen LogP contribution in [-0.2, 0) is 20.7 Å². The third-order valence-corrected chi connectivity index (χ3v) is 2.59. The van der Waals surface area contributed by atoms with Crippen LogP contribution in [-0.4, -0.2) is 31.7 Å². The van der Waals surface area contributed by atoms with E-state index in [1.807, 2.05) is 0 Å². The number of Topliss-reactive ketones (excluding diaryl/α,β-unsaturated/α-hetero) is 1. The summed E-state index contributed by atoms with van der Waals surface area (Å²) in [6.07, 6.45) is 1.46. The van der Waals surface area contributed by atoms with Crippen LogP contribution in [0.15, 0.2) is 21.4 Å². The largest absolute Gasteiger partial charge is 0.457 e. The van der Waals surface area contributed by atoms with E-state index in [-0.39, 0.29) is 5.78 Å². The molecule has 82 valence electrons. The molecule has 0 aromatic carbocycles. The molecule has 0 N–H and O–H groups in total. The molecule has 15 heavy (non-hydrogen) atoms. The number of hydrogen-bond acceptors (Lipinski definition) is 4. The van der Waals surface area contributed by atoms with Crippen molar-refractivity contribution in [3.05, 3.63) is 22.6 Å². The van der Waals surface area contributed by atoms with Crippen LogP contribution < -0.4 is 0 Å². The lowest BCUT2D eigenvalue weighted by Crippen LogP contribution is -2.36. The third-order valence-electron chi connectivity index (χ3n) is 2.18. The summed E-state index contributed by atoms with van der Waals surface area (Å²) in [5, 5.41) is 0. The van der Waals surface area contributed by atoms with Crippen LogP contribution in [0.25, 0.3) is 0 Å². The molecular weight excluding hydrogens is 264 g/mol. The van der Waals surface area contributed by atoms with Gasteiger partial charge in [-0.25, -0.2) is 0 Å². The van der Waals surface area contributed by atoms with Crippen LogP contribution in [0.3, 0.4) is 0 Å². The van der Waals surface area contributed by atoms with Crippen molar-refractivity contribution in [1.82, 2.24) is 0 Å². The lowest BCUT2D eigenvalue weighted by atomic mass is 10.1. The Morgan fingerprint density at radius 1 is 1.53 bits per heavy atom. The highest BCUT2D eigenvalue weighted by Gasteiger charge is 2.22. The summed E-state index contributed by atoms with van der Waals surface area (Å²) in [5.41, 5.74) is 0.848. The standard InChI is InChI=1S/C10H11BrO4/c11-10-4-7(5-15-10)3-8(12)9-6-13-1-2-14-9/h4-5,9H,1-3,6H2. The zero-order valence-electron chi connectivity index (χ0n) is 8.07. The Morgan fingerprint density at radius 2 is 2.40 bits per heavy atom. The number of halogens is 1. The fourth-order valence-corrected chi connectivity index (χ4v) is 1.81. The Hall–Kier alpha value is -0.650. The lowest BCUT2D eigenvalue weighted by Gasteiger charge is -2.21. The molecule has 1 fully saturated rings. The number of rotatable bonds is 3. The molecule has 1 saturated heterocycles. The summed E-state index contributed by atoms with van der Waals surface area (Å²) >= 11 is 3.18. The second-order valence-corrected chi connectivity index (χ2v) is 4.12. The topological polar surface area (TPSA) is 48.7 Å².